The van der Waals surface area contributed by atoms with Gasteiger partial charge in [-0.3, -0.25) is 32.8 Å². The molecule has 3 aliphatic rings. The van der Waals surface area contributed by atoms with E-state index in [1.54, 1.807) is 6.07 Å². The number of carbonyl (C=O) groups excluding carboxylic acids is 6. The molecular formula is C76H105N7O20S3. The summed E-state index contributed by atoms with van der Waals surface area (Å²) in [6.07, 6.45) is 17.6. The monoisotopic (exact) mass is 1530 g/mol. The lowest BCUT2D eigenvalue weighted by molar-refractivity contribution is -0.142. The number of likely N-dealkylation sites (N-methyl/N-ethyl adjacent to an activating group) is 1. The van der Waals surface area contributed by atoms with Crippen LogP contribution >= 0.6 is 0 Å². The van der Waals surface area contributed by atoms with Crippen LogP contribution in [-0.2, 0) is 74.7 Å². The van der Waals surface area contributed by atoms with E-state index in [-0.39, 0.29) is 84.5 Å². The number of unbranched alkanes of at least 4 members (excludes halogenated alkanes) is 8. The minimum Gasteiger partial charge on any atom is -0.480 e. The van der Waals surface area contributed by atoms with E-state index < -0.39 is 88.9 Å². The Morgan fingerprint density at radius 1 is 0.651 bits per heavy atom. The van der Waals surface area contributed by atoms with Crippen molar-refractivity contribution in [1.82, 2.24) is 30.7 Å². The molecule has 1 aliphatic carbocycles. The molecule has 30 heteroatoms. The number of hydrogen-bond donors (Lipinski definition) is 9. The quantitative estimate of drug-likeness (QED) is 0.0110. The Bertz CT molecular complexity index is 4300. The predicted molar refractivity (Wildman–Crippen MR) is 400 cm³/mol. The van der Waals surface area contributed by atoms with E-state index in [0.717, 1.165) is 56.8 Å². The van der Waals surface area contributed by atoms with Gasteiger partial charge in [-0.15, -0.1) is 12.2 Å². The number of Topliss-reactive ketones (excluding diaryl/α,β-unsaturated/α-hetero) is 2. The third-order valence-electron chi connectivity index (χ3n) is 19.4. The molecule has 9 N–H and O–H groups in total. The molecule has 582 valence electrons. The van der Waals surface area contributed by atoms with Gasteiger partial charge in [0.05, 0.1) is 27.6 Å². The first-order valence-electron chi connectivity index (χ1n) is 36.2. The van der Waals surface area contributed by atoms with Crippen molar-refractivity contribution in [2.75, 3.05) is 43.9 Å². The molecule has 0 saturated heterocycles. The van der Waals surface area contributed by atoms with Crippen LogP contribution in [0, 0.1) is 6.04 Å². The molecule has 0 aromatic heterocycles. The fraction of sp³-hybridized carbons (Fsp3) is 0.526. The van der Waals surface area contributed by atoms with Crippen molar-refractivity contribution in [1.29, 1.82) is 0 Å². The van der Waals surface area contributed by atoms with Crippen LogP contribution in [0.5, 0.6) is 5.75 Å². The number of allylic oxidation sites excluding steroid dienone is 6. The van der Waals surface area contributed by atoms with Crippen molar-refractivity contribution >= 4 is 89.9 Å². The van der Waals surface area contributed by atoms with Crippen LogP contribution in [0.4, 0.5) is 10.5 Å². The number of aliphatic carboxylic acids is 2. The summed E-state index contributed by atoms with van der Waals surface area (Å²) in [5, 5.41) is 32.2. The summed E-state index contributed by atoms with van der Waals surface area (Å²) in [5.41, 5.74) is 3.31. The Labute approximate surface area is 622 Å². The molecule has 3 aromatic carbocycles. The Kier molecular flexibility index (Phi) is 32.1. The fourth-order valence-corrected chi connectivity index (χ4v) is 15.1. The second kappa shape index (κ2) is 39.3. The standard InChI is InChI=1S/C76H105N7O20S3/c1-51-30-39-64-59(49-51)75(4,5)66(42-32-54-23-22-24-55(71(54)103-56-34-36-57(37-35-56)105(97,98)99)33-43-67-76(6,7)60-50-58(106(100,101)102)38-41-65(60)83(67)47-20-21-48-104(94,95)96)82(64)46-19-11-14-28-69(87)78-44-17-15-25-61(72(89)90)79-70(88)29-13-10-9-12-27-68(86)77-45-18-16-26-62(73(91)92)80-74(93)81(8)63(53(3)85)40-31-52(2)84/h30,32-39,41-43,49-50,61-63H,1,9-29,31,40,44-48H2,2-8H3,(H,77,86)(H,78,87)(H,79,88)(H,80,93)(H,89,90)(H,91,92)(H,94,95,96)(H,97,98,99)(H,100,101,102)/b42-32+,55-33+,67-43+. The third-order valence-corrected chi connectivity index (χ3v) is 22.0. The van der Waals surface area contributed by atoms with E-state index in [2.05, 4.69) is 64.5 Å². The Balaban J connectivity index is 0.981. The molecule has 0 fully saturated rings. The number of carbonyl (C=O) groups is 8. The lowest BCUT2D eigenvalue weighted by Crippen LogP contribution is -2.51. The molecule has 6 rings (SSSR count). The molecule has 0 radical (unpaired) electrons. The van der Waals surface area contributed by atoms with Gasteiger partial charge in [-0.2, -0.15) is 25.3 Å². The predicted octanol–water partition coefficient (Wildman–Crippen LogP) is 8.72. The Hall–Kier alpha value is -8.55. The number of nitrogens with zero attached hydrogens (tertiary/aromatic N) is 3. The fourth-order valence-electron chi connectivity index (χ4n) is 13.5. The lowest BCUT2D eigenvalue weighted by Gasteiger charge is -2.30. The highest BCUT2D eigenvalue weighted by molar-refractivity contribution is 7.86. The maximum absolute atomic E-state index is 13.0. The summed E-state index contributed by atoms with van der Waals surface area (Å²) in [5.74, 6) is -3.26. The molecule has 106 heavy (non-hydrogen) atoms. The molecule has 2 aliphatic heterocycles. The third kappa shape index (κ3) is 25.9. The molecular weight excluding hydrogens is 1430 g/mol. The van der Waals surface area contributed by atoms with Crippen molar-refractivity contribution < 1.29 is 92.2 Å². The molecule has 0 spiro atoms. The highest BCUT2D eigenvalue weighted by Crippen LogP contribution is 2.49. The number of benzene rings is 3. The van der Waals surface area contributed by atoms with Crippen LogP contribution in [0.2, 0.25) is 0 Å². The van der Waals surface area contributed by atoms with Crippen molar-refractivity contribution in [2.24, 2.45) is 0 Å². The number of fused-ring (bicyclic) bond motifs is 2. The molecule has 2 heterocycles. The highest BCUT2D eigenvalue weighted by atomic mass is 32.2. The van der Waals surface area contributed by atoms with Gasteiger partial charge in [-0.05, 0) is 193 Å². The van der Waals surface area contributed by atoms with Gasteiger partial charge in [0.2, 0.25) is 17.7 Å². The Morgan fingerprint density at radius 2 is 1.23 bits per heavy atom. The van der Waals surface area contributed by atoms with Crippen LogP contribution < -0.4 is 46.1 Å². The van der Waals surface area contributed by atoms with Gasteiger partial charge in [0, 0.05) is 81.0 Å². The minimum atomic E-state index is -4.58. The average molecular weight is 1530 g/mol. The minimum absolute atomic E-state index is 0.0881. The number of ether oxygens (including phenoxy) is 1. The van der Waals surface area contributed by atoms with E-state index in [4.69, 9.17) is 4.74 Å². The van der Waals surface area contributed by atoms with Gasteiger partial charge < -0.3 is 55.4 Å². The smallest absolute Gasteiger partial charge is 0.326 e. The van der Waals surface area contributed by atoms with Crippen molar-refractivity contribution in [3.63, 3.8) is 0 Å². The van der Waals surface area contributed by atoms with Gasteiger partial charge in [-0.1, -0.05) is 70.9 Å². The Morgan fingerprint density at radius 3 is 1.79 bits per heavy atom. The molecule has 0 saturated carbocycles. The average Bonchev–Trinajstić information content (AvgIpc) is 1.59. The van der Waals surface area contributed by atoms with Crippen LogP contribution in [0.3, 0.4) is 0 Å². The zero-order valence-corrected chi connectivity index (χ0v) is 64.2. The summed E-state index contributed by atoms with van der Waals surface area (Å²) in [7, 11) is -12.0. The van der Waals surface area contributed by atoms with Crippen LogP contribution in [0.15, 0.2) is 117 Å². The number of nitrogens with one attached hydrogen (secondary N) is 4. The molecule has 3 atom stereocenters. The van der Waals surface area contributed by atoms with Gasteiger partial charge in [0.25, 0.3) is 30.4 Å². The first kappa shape index (κ1) is 86.4. The van der Waals surface area contributed by atoms with Crippen molar-refractivity contribution in [2.45, 2.75) is 228 Å². The second-order valence-electron chi connectivity index (χ2n) is 28.5. The second-order valence-corrected chi connectivity index (χ2v) is 32.9. The van der Waals surface area contributed by atoms with Gasteiger partial charge >= 0.3 is 18.0 Å². The first-order valence-corrected chi connectivity index (χ1v) is 40.6. The molecule has 27 nitrogen and oxygen atoms in total. The van der Waals surface area contributed by atoms with E-state index in [0.29, 0.717) is 132 Å². The summed E-state index contributed by atoms with van der Waals surface area (Å²) in [4.78, 5) is 101. The number of rotatable bonds is 44. The normalized spacial score (nSPS) is 16.5. The number of carboxylic acids is 2. The summed E-state index contributed by atoms with van der Waals surface area (Å²) >= 11 is 0. The van der Waals surface area contributed by atoms with Crippen LogP contribution in [0.1, 0.15) is 200 Å². The number of ketones is 2. The topological polar surface area (TPSA) is 407 Å². The largest absolute Gasteiger partial charge is 0.480 e. The van der Waals surface area contributed by atoms with E-state index in [1.165, 1.54) is 57.3 Å². The van der Waals surface area contributed by atoms with Gasteiger partial charge in [-0.25, -0.2) is 14.4 Å². The molecule has 0 bridgehead atoms. The maximum atomic E-state index is 13.0. The zero-order chi connectivity index (χ0) is 78.3. The first-order chi connectivity index (χ1) is 49.8. The number of carboxylic acid groups (broad SMARTS) is 2. The maximum Gasteiger partial charge on any atom is 0.326 e. The molecule has 3 aromatic rings. The van der Waals surface area contributed by atoms with Gasteiger partial charge in [0.1, 0.15) is 41.3 Å². The SMILES string of the molecule is C=c1ccc2c(c1)C(C)(C)[C-](/C=C/C1=C(Oc3ccc(S(=O)(=O)O)cc3)C(=C/C=C3/N(CCCCS(=O)(=O)O)c4ccc(S(=O)(=O)O)cc4C3(C)C)/CCC1)[N+]=2CCCCCC(=O)NCCCCC(NC(=O)CCCCCCC(=O)NCCCCC(NC(=O)N(C)C(CCC(C)=O)C(C)=O)C(=O)O)C(=O)O. The zero-order valence-electron chi connectivity index (χ0n) is 61.7. The summed E-state index contributed by atoms with van der Waals surface area (Å²) < 4.78 is 111. The summed E-state index contributed by atoms with van der Waals surface area (Å²) in [6.45, 7) is 16.5. The van der Waals surface area contributed by atoms with E-state index >= 15 is 0 Å². The highest BCUT2D eigenvalue weighted by Gasteiger charge is 2.42. The number of amides is 5. The van der Waals surface area contributed by atoms with Crippen molar-refractivity contribution in [3.05, 3.63) is 135 Å². The van der Waals surface area contributed by atoms with E-state index in [1.807, 2.05) is 43.0 Å². The van der Waals surface area contributed by atoms with Crippen molar-refractivity contribution in [3.8, 4) is 5.75 Å². The molecule has 3 unspecified atom stereocenters. The number of urea groups is 1. The van der Waals surface area contributed by atoms with Crippen LogP contribution in [0.25, 0.3) is 6.58 Å². The number of anilines is 1. The van der Waals surface area contributed by atoms with Gasteiger partial charge in [0.15, 0.2) is 5.78 Å². The lowest BCUT2D eigenvalue weighted by atomic mass is 9.79. The van der Waals surface area contributed by atoms with Crippen LogP contribution in [-0.4, -0.2) is 158 Å². The number of hydrogen-bond acceptors (Lipinski definition) is 16. The summed E-state index contributed by atoms with van der Waals surface area (Å²) in [6, 6.07) is 12.9. The molecule has 5 amide bonds. The van der Waals surface area contributed by atoms with E-state index in [9.17, 15) is 87.5 Å².